The van der Waals surface area contributed by atoms with Gasteiger partial charge in [-0.05, 0) is 43.4 Å². The first-order chi connectivity index (χ1) is 11.0. The topological polar surface area (TPSA) is 58.4 Å². The second-order valence-electron chi connectivity index (χ2n) is 7.07. The Kier molecular flexibility index (Phi) is 6.60. The van der Waals surface area contributed by atoms with Crippen LogP contribution in [-0.4, -0.2) is 29.4 Å². The van der Waals surface area contributed by atoms with Crippen molar-refractivity contribution in [1.29, 1.82) is 0 Å². The summed E-state index contributed by atoms with van der Waals surface area (Å²) in [6, 6.07) is 8.59. The second-order valence-corrected chi connectivity index (χ2v) is 7.07. The summed E-state index contributed by atoms with van der Waals surface area (Å²) in [6.45, 7) is 8.93. The highest BCUT2D eigenvalue weighted by atomic mass is 16.2. The number of nitrogens with zero attached hydrogens (tertiary/aromatic N) is 1. The summed E-state index contributed by atoms with van der Waals surface area (Å²) in [4.78, 5) is 14.6. The molecule has 4 nitrogen and oxygen atoms in total. The summed E-state index contributed by atoms with van der Waals surface area (Å²) >= 11 is 0. The summed E-state index contributed by atoms with van der Waals surface area (Å²) in [7, 11) is 0. The van der Waals surface area contributed by atoms with Crippen LogP contribution in [0.3, 0.4) is 0 Å². The predicted molar refractivity (Wildman–Crippen MR) is 94.8 cm³/mol. The van der Waals surface area contributed by atoms with Crippen molar-refractivity contribution in [3.63, 3.8) is 0 Å². The van der Waals surface area contributed by atoms with E-state index < -0.39 is 6.04 Å². The number of nitrogens with two attached hydrogens (primary N) is 1. The summed E-state index contributed by atoms with van der Waals surface area (Å²) < 4.78 is 0. The zero-order valence-corrected chi connectivity index (χ0v) is 14.7. The molecular formula is C19H31N3O. The summed E-state index contributed by atoms with van der Waals surface area (Å²) in [5, 5.41) is 2.99. The van der Waals surface area contributed by atoms with Crippen LogP contribution in [0.1, 0.15) is 51.2 Å². The van der Waals surface area contributed by atoms with E-state index in [2.05, 4.69) is 35.3 Å². The number of benzene rings is 1. The third kappa shape index (κ3) is 5.05. The first-order valence-electron chi connectivity index (χ1n) is 8.83. The fourth-order valence-electron chi connectivity index (χ4n) is 3.10. The van der Waals surface area contributed by atoms with E-state index in [-0.39, 0.29) is 11.8 Å². The molecule has 0 aromatic heterocycles. The maximum absolute atomic E-state index is 12.1. The minimum absolute atomic E-state index is 0.0684. The van der Waals surface area contributed by atoms with Gasteiger partial charge in [0.25, 0.3) is 0 Å². The number of hydrogen-bond acceptors (Lipinski definition) is 3. The van der Waals surface area contributed by atoms with Gasteiger partial charge in [0, 0.05) is 19.1 Å². The normalized spacial score (nSPS) is 20.5. The van der Waals surface area contributed by atoms with Gasteiger partial charge in [-0.1, -0.05) is 44.5 Å². The van der Waals surface area contributed by atoms with Crippen LogP contribution in [0.2, 0.25) is 0 Å². The van der Waals surface area contributed by atoms with Crippen molar-refractivity contribution in [2.24, 2.45) is 11.7 Å². The molecule has 128 valence electrons. The van der Waals surface area contributed by atoms with Gasteiger partial charge >= 0.3 is 0 Å². The highest BCUT2D eigenvalue weighted by Crippen LogP contribution is 2.20. The van der Waals surface area contributed by atoms with Gasteiger partial charge in [0.2, 0.25) is 5.91 Å². The standard InChI is InChI=1S/C19H31N3O/c1-14(2)18(20)19(23)21-12-16-9-4-5-10-17(16)13-22-11-7-6-8-15(22)3/h4-5,9-10,14-15,18H,6-8,11-13,20H2,1-3H3,(H,21,23)/t15?,18-/m0/s1. The molecule has 1 fully saturated rings. The van der Waals surface area contributed by atoms with Crippen LogP contribution in [0, 0.1) is 5.92 Å². The van der Waals surface area contributed by atoms with E-state index in [1.165, 1.54) is 36.9 Å². The molecule has 1 aromatic rings. The Hall–Kier alpha value is -1.39. The number of likely N-dealkylation sites (tertiary alicyclic amines) is 1. The first-order valence-corrected chi connectivity index (χ1v) is 8.83. The van der Waals surface area contributed by atoms with Crippen molar-refractivity contribution in [2.45, 2.75) is 65.2 Å². The molecule has 1 amide bonds. The molecular weight excluding hydrogens is 286 g/mol. The van der Waals surface area contributed by atoms with E-state index >= 15 is 0 Å². The Morgan fingerprint density at radius 3 is 2.65 bits per heavy atom. The third-order valence-corrected chi connectivity index (χ3v) is 4.91. The average Bonchev–Trinajstić information content (AvgIpc) is 2.55. The molecule has 1 aliphatic rings. The lowest BCUT2D eigenvalue weighted by Gasteiger charge is -2.33. The molecule has 1 unspecified atom stereocenters. The number of rotatable bonds is 6. The average molecular weight is 317 g/mol. The van der Waals surface area contributed by atoms with Gasteiger partial charge in [-0.3, -0.25) is 9.69 Å². The minimum Gasteiger partial charge on any atom is -0.351 e. The predicted octanol–water partition coefficient (Wildman–Crippen LogP) is 2.66. The number of piperidine rings is 1. The molecule has 0 bridgehead atoms. The van der Waals surface area contributed by atoms with Crippen molar-refractivity contribution >= 4 is 5.91 Å². The molecule has 0 saturated carbocycles. The third-order valence-electron chi connectivity index (χ3n) is 4.91. The van der Waals surface area contributed by atoms with Crippen molar-refractivity contribution in [2.75, 3.05) is 6.54 Å². The monoisotopic (exact) mass is 317 g/mol. The fourth-order valence-corrected chi connectivity index (χ4v) is 3.10. The Balaban J connectivity index is 1.98. The van der Waals surface area contributed by atoms with Crippen molar-refractivity contribution in [3.8, 4) is 0 Å². The quantitative estimate of drug-likeness (QED) is 0.848. The molecule has 1 heterocycles. The van der Waals surface area contributed by atoms with Crippen LogP contribution in [0.15, 0.2) is 24.3 Å². The van der Waals surface area contributed by atoms with Crippen LogP contribution in [0.5, 0.6) is 0 Å². The number of amides is 1. The van der Waals surface area contributed by atoms with Gasteiger partial charge in [0.1, 0.15) is 0 Å². The van der Waals surface area contributed by atoms with E-state index in [0.717, 1.165) is 6.54 Å². The molecule has 4 heteroatoms. The zero-order chi connectivity index (χ0) is 16.8. The van der Waals surface area contributed by atoms with Crippen LogP contribution in [0.4, 0.5) is 0 Å². The molecule has 1 aromatic carbocycles. The molecule has 2 atom stereocenters. The molecule has 1 saturated heterocycles. The molecule has 0 spiro atoms. The van der Waals surface area contributed by atoms with Gasteiger partial charge in [-0.25, -0.2) is 0 Å². The number of carbonyl (C=O) groups excluding carboxylic acids is 1. The smallest absolute Gasteiger partial charge is 0.237 e. The minimum atomic E-state index is -0.440. The van der Waals surface area contributed by atoms with Crippen LogP contribution < -0.4 is 11.1 Å². The SMILES string of the molecule is CC(C)[C@H](N)C(=O)NCc1ccccc1CN1CCCCC1C. The van der Waals surface area contributed by atoms with E-state index in [1.54, 1.807) is 0 Å². The van der Waals surface area contributed by atoms with Crippen LogP contribution >= 0.6 is 0 Å². The Morgan fingerprint density at radius 1 is 1.30 bits per heavy atom. The van der Waals surface area contributed by atoms with Gasteiger partial charge in [-0.15, -0.1) is 0 Å². The molecule has 0 aliphatic carbocycles. The summed E-state index contributed by atoms with van der Waals surface area (Å²) in [6.07, 6.45) is 3.90. The highest BCUT2D eigenvalue weighted by molar-refractivity contribution is 5.81. The van der Waals surface area contributed by atoms with Crippen LogP contribution in [0.25, 0.3) is 0 Å². The maximum atomic E-state index is 12.1. The van der Waals surface area contributed by atoms with E-state index in [0.29, 0.717) is 12.6 Å². The maximum Gasteiger partial charge on any atom is 0.237 e. The van der Waals surface area contributed by atoms with Crippen LogP contribution in [-0.2, 0) is 17.9 Å². The molecule has 2 rings (SSSR count). The van der Waals surface area contributed by atoms with Gasteiger partial charge in [-0.2, -0.15) is 0 Å². The molecule has 3 N–H and O–H groups in total. The van der Waals surface area contributed by atoms with Crippen molar-refractivity contribution < 1.29 is 4.79 Å². The van der Waals surface area contributed by atoms with Crippen molar-refractivity contribution in [1.82, 2.24) is 10.2 Å². The Bertz CT molecular complexity index is 515. The highest BCUT2D eigenvalue weighted by Gasteiger charge is 2.20. The van der Waals surface area contributed by atoms with Gasteiger partial charge in [0.05, 0.1) is 6.04 Å². The fraction of sp³-hybridized carbons (Fsp3) is 0.632. The zero-order valence-electron chi connectivity index (χ0n) is 14.7. The molecule has 0 radical (unpaired) electrons. The summed E-state index contributed by atoms with van der Waals surface area (Å²) in [5.41, 5.74) is 8.40. The van der Waals surface area contributed by atoms with Crippen molar-refractivity contribution in [3.05, 3.63) is 35.4 Å². The number of nitrogens with one attached hydrogen (secondary N) is 1. The largest absolute Gasteiger partial charge is 0.351 e. The lowest BCUT2D eigenvalue weighted by Crippen LogP contribution is -2.43. The van der Waals surface area contributed by atoms with E-state index in [4.69, 9.17) is 5.73 Å². The lowest BCUT2D eigenvalue weighted by molar-refractivity contribution is -0.123. The van der Waals surface area contributed by atoms with Gasteiger partial charge in [0.15, 0.2) is 0 Å². The number of hydrogen-bond donors (Lipinski definition) is 2. The summed E-state index contributed by atoms with van der Waals surface area (Å²) in [5.74, 6) is 0.0839. The number of carbonyl (C=O) groups is 1. The van der Waals surface area contributed by atoms with Gasteiger partial charge < -0.3 is 11.1 Å². The second kappa shape index (κ2) is 8.46. The van der Waals surface area contributed by atoms with E-state index in [9.17, 15) is 4.79 Å². The lowest BCUT2D eigenvalue weighted by atomic mass is 10.0. The van der Waals surface area contributed by atoms with E-state index in [1.807, 2.05) is 19.9 Å². The first kappa shape index (κ1) is 18.0. The Labute approximate surface area is 140 Å². The molecule has 1 aliphatic heterocycles. The Morgan fingerprint density at radius 2 is 2.00 bits per heavy atom. The molecule has 23 heavy (non-hydrogen) atoms.